The third-order valence-electron chi connectivity index (χ3n) is 4.61. The monoisotopic (exact) mass is 261 g/mol. The molecule has 1 heterocycles. The second-order valence-electron chi connectivity index (χ2n) is 5.88. The minimum Gasteiger partial charge on any atom is -0.335 e. The van der Waals surface area contributed by atoms with E-state index in [1.54, 1.807) is 6.07 Å². The molecule has 3 rings (SSSR count). The molecule has 1 aromatic carbocycles. The SMILES string of the molecule is Cc1ccc(C(=O)N2CCCC3CCCC32)c(F)c1. The van der Waals surface area contributed by atoms with E-state index >= 15 is 0 Å². The fourth-order valence-electron chi connectivity index (χ4n) is 3.65. The lowest BCUT2D eigenvalue weighted by molar-refractivity contribution is 0.0543. The van der Waals surface area contributed by atoms with Crippen LogP contribution in [0.3, 0.4) is 0 Å². The smallest absolute Gasteiger partial charge is 0.257 e. The Labute approximate surface area is 113 Å². The summed E-state index contributed by atoms with van der Waals surface area (Å²) in [5, 5.41) is 0. The molecule has 1 saturated carbocycles. The zero-order valence-electron chi connectivity index (χ0n) is 11.4. The Morgan fingerprint density at radius 1 is 1.26 bits per heavy atom. The summed E-state index contributed by atoms with van der Waals surface area (Å²) in [7, 11) is 0. The molecule has 2 nitrogen and oxygen atoms in total. The molecule has 0 aromatic heterocycles. The number of fused-ring (bicyclic) bond motifs is 1. The highest BCUT2D eigenvalue weighted by Gasteiger charge is 2.38. The summed E-state index contributed by atoms with van der Waals surface area (Å²) in [5.74, 6) is 0.144. The lowest BCUT2D eigenvalue weighted by atomic mass is 9.91. The summed E-state index contributed by atoms with van der Waals surface area (Å²) in [6, 6.07) is 5.24. The molecule has 1 amide bonds. The molecule has 2 unspecified atom stereocenters. The second-order valence-corrected chi connectivity index (χ2v) is 5.88. The number of rotatable bonds is 1. The van der Waals surface area contributed by atoms with E-state index in [0.717, 1.165) is 24.9 Å². The van der Waals surface area contributed by atoms with Gasteiger partial charge in [0.2, 0.25) is 0 Å². The molecule has 1 aliphatic carbocycles. The molecular formula is C16H20FNO. The summed E-state index contributed by atoms with van der Waals surface area (Å²) in [6.07, 6.45) is 5.80. The zero-order valence-corrected chi connectivity index (χ0v) is 11.4. The molecule has 3 heteroatoms. The van der Waals surface area contributed by atoms with Crippen LogP contribution < -0.4 is 0 Å². The van der Waals surface area contributed by atoms with Crippen LogP contribution in [-0.2, 0) is 0 Å². The number of halogens is 1. The number of hydrogen-bond acceptors (Lipinski definition) is 1. The van der Waals surface area contributed by atoms with E-state index in [0.29, 0.717) is 12.0 Å². The quantitative estimate of drug-likeness (QED) is 0.757. The van der Waals surface area contributed by atoms with Crippen LogP contribution in [0.15, 0.2) is 18.2 Å². The minimum absolute atomic E-state index is 0.117. The number of nitrogens with zero attached hydrogens (tertiary/aromatic N) is 1. The normalized spacial score (nSPS) is 26.3. The van der Waals surface area contributed by atoms with Crippen LogP contribution in [0.1, 0.15) is 48.0 Å². The number of likely N-dealkylation sites (tertiary alicyclic amines) is 1. The average molecular weight is 261 g/mol. The van der Waals surface area contributed by atoms with Crippen molar-refractivity contribution in [3.63, 3.8) is 0 Å². The van der Waals surface area contributed by atoms with Crippen molar-refractivity contribution in [3.8, 4) is 0 Å². The van der Waals surface area contributed by atoms with Crippen molar-refractivity contribution in [3.05, 3.63) is 35.1 Å². The topological polar surface area (TPSA) is 20.3 Å². The Morgan fingerprint density at radius 2 is 2.05 bits per heavy atom. The molecule has 19 heavy (non-hydrogen) atoms. The Kier molecular flexibility index (Phi) is 3.29. The van der Waals surface area contributed by atoms with Crippen LogP contribution in [0.25, 0.3) is 0 Å². The lowest BCUT2D eigenvalue weighted by Crippen LogP contribution is -2.46. The van der Waals surface area contributed by atoms with E-state index in [-0.39, 0.29) is 17.3 Å². The van der Waals surface area contributed by atoms with Crippen LogP contribution in [-0.4, -0.2) is 23.4 Å². The molecule has 1 aromatic rings. The van der Waals surface area contributed by atoms with Gasteiger partial charge in [-0.3, -0.25) is 4.79 Å². The third-order valence-corrected chi connectivity index (χ3v) is 4.61. The van der Waals surface area contributed by atoms with Crippen molar-refractivity contribution in [2.24, 2.45) is 5.92 Å². The molecule has 2 fully saturated rings. The van der Waals surface area contributed by atoms with Gasteiger partial charge in [0.1, 0.15) is 5.82 Å². The lowest BCUT2D eigenvalue weighted by Gasteiger charge is -2.37. The van der Waals surface area contributed by atoms with Gasteiger partial charge in [0.05, 0.1) is 5.56 Å². The van der Waals surface area contributed by atoms with Crippen LogP contribution in [0.2, 0.25) is 0 Å². The number of hydrogen-bond donors (Lipinski definition) is 0. The summed E-state index contributed by atoms with van der Waals surface area (Å²) in [6.45, 7) is 2.62. The van der Waals surface area contributed by atoms with Crippen LogP contribution in [0, 0.1) is 18.7 Å². The van der Waals surface area contributed by atoms with Gasteiger partial charge in [-0.25, -0.2) is 4.39 Å². The Balaban J connectivity index is 1.86. The molecule has 1 saturated heterocycles. The van der Waals surface area contributed by atoms with Gasteiger partial charge in [0.15, 0.2) is 0 Å². The Hall–Kier alpha value is -1.38. The van der Waals surface area contributed by atoms with Crippen LogP contribution in [0.5, 0.6) is 0 Å². The molecule has 0 radical (unpaired) electrons. The molecule has 2 atom stereocenters. The minimum atomic E-state index is -0.384. The van der Waals surface area contributed by atoms with E-state index in [9.17, 15) is 9.18 Å². The number of aryl methyl sites for hydroxylation is 1. The average Bonchev–Trinajstić information content (AvgIpc) is 2.86. The summed E-state index contributed by atoms with van der Waals surface area (Å²) in [4.78, 5) is 14.5. The van der Waals surface area contributed by atoms with Crippen molar-refractivity contribution in [1.29, 1.82) is 0 Å². The molecule has 1 aliphatic heterocycles. The van der Waals surface area contributed by atoms with Crippen molar-refractivity contribution < 1.29 is 9.18 Å². The fraction of sp³-hybridized carbons (Fsp3) is 0.562. The maximum absolute atomic E-state index is 14.0. The highest BCUT2D eigenvalue weighted by atomic mass is 19.1. The number of carbonyl (C=O) groups is 1. The van der Waals surface area contributed by atoms with E-state index in [2.05, 4.69) is 0 Å². The fourth-order valence-corrected chi connectivity index (χ4v) is 3.65. The van der Waals surface area contributed by atoms with E-state index in [1.807, 2.05) is 17.9 Å². The molecule has 0 spiro atoms. The van der Waals surface area contributed by atoms with Gasteiger partial charge in [-0.1, -0.05) is 12.5 Å². The van der Waals surface area contributed by atoms with Gasteiger partial charge in [-0.2, -0.15) is 0 Å². The molecular weight excluding hydrogens is 241 g/mol. The highest BCUT2D eigenvalue weighted by molar-refractivity contribution is 5.94. The van der Waals surface area contributed by atoms with Gasteiger partial charge >= 0.3 is 0 Å². The van der Waals surface area contributed by atoms with Crippen molar-refractivity contribution in [1.82, 2.24) is 4.90 Å². The summed E-state index contributed by atoms with van der Waals surface area (Å²) < 4.78 is 14.0. The van der Waals surface area contributed by atoms with Crippen LogP contribution in [0.4, 0.5) is 4.39 Å². The molecule has 0 bridgehead atoms. The van der Waals surface area contributed by atoms with E-state index in [1.165, 1.54) is 25.3 Å². The maximum Gasteiger partial charge on any atom is 0.257 e. The zero-order chi connectivity index (χ0) is 13.4. The van der Waals surface area contributed by atoms with E-state index in [4.69, 9.17) is 0 Å². The number of benzene rings is 1. The van der Waals surface area contributed by atoms with Gasteiger partial charge < -0.3 is 4.90 Å². The van der Waals surface area contributed by atoms with Crippen LogP contribution >= 0.6 is 0 Å². The first-order valence-electron chi connectivity index (χ1n) is 7.24. The van der Waals surface area contributed by atoms with E-state index < -0.39 is 0 Å². The highest BCUT2D eigenvalue weighted by Crippen LogP contribution is 2.37. The summed E-state index contributed by atoms with van der Waals surface area (Å²) in [5.41, 5.74) is 1.09. The van der Waals surface area contributed by atoms with Gasteiger partial charge in [-0.15, -0.1) is 0 Å². The van der Waals surface area contributed by atoms with Gasteiger partial charge in [0, 0.05) is 12.6 Å². The predicted octanol–water partition coefficient (Wildman–Crippen LogP) is 3.54. The number of piperidine rings is 1. The first-order chi connectivity index (χ1) is 9.16. The third kappa shape index (κ3) is 2.26. The summed E-state index contributed by atoms with van der Waals surface area (Å²) >= 11 is 0. The molecule has 0 N–H and O–H groups in total. The Bertz CT molecular complexity index is 500. The number of amides is 1. The standard InChI is InChI=1S/C16H20FNO/c1-11-7-8-13(14(17)10-11)16(19)18-9-3-5-12-4-2-6-15(12)18/h7-8,10,12,15H,2-6,9H2,1H3. The molecule has 102 valence electrons. The Morgan fingerprint density at radius 3 is 2.84 bits per heavy atom. The first-order valence-corrected chi connectivity index (χ1v) is 7.24. The first kappa shape index (κ1) is 12.6. The van der Waals surface area contributed by atoms with Crippen molar-refractivity contribution in [2.45, 2.75) is 45.1 Å². The predicted molar refractivity (Wildman–Crippen MR) is 72.5 cm³/mol. The second kappa shape index (κ2) is 4.95. The largest absolute Gasteiger partial charge is 0.335 e. The van der Waals surface area contributed by atoms with Gasteiger partial charge in [0.25, 0.3) is 5.91 Å². The maximum atomic E-state index is 14.0. The van der Waals surface area contributed by atoms with Gasteiger partial charge in [-0.05, 0) is 56.2 Å². The molecule has 2 aliphatic rings. The van der Waals surface area contributed by atoms with Crippen molar-refractivity contribution >= 4 is 5.91 Å². The van der Waals surface area contributed by atoms with Crippen molar-refractivity contribution in [2.75, 3.05) is 6.54 Å². The number of carbonyl (C=O) groups excluding carboxylic acids is 1.